The fourth-order valence-electron chi connectivity index (χ4n) is 2.81. The van der Waals surface area contributed by atoms with Crippen LogP contribution in [-0.2, 0) is 13.5 Å². The first kappa shape index (κ1) is 15.0. The number of carbonyl (C=O) groups excluding carboxylic acids is 1. The largest absolute Gasteiger partial charge is 0.337 e. The third-order valence-electron chi connectivity index (χ3n) is 4.06. The molecule has 0 spiro atoms. The van der Waals surface area contributed by atoms with Crippen molar-refractivity contribution in [2.75, 3.05) is 26.2 Å². The molecule has 5 nitrogen and oxygen atoms in total. The Labute approximate surface area is 121 Å². The Morgan fingerprint density at radius 3 is 2.90 bits per heavy atom. The first-order valence-corrected chi connectivity index (χ1v) is 7.68. The molecule has 5 heteroatoms. The molecular weight excluding hydrogens is 252 g/mol. The van der Waals surface area contributed by atoms with Crippen LogP contribution in [0.15, 0.2) is 6.07 Å². The maximum Gasteiger partial charge on any atom is 0.272 e. The van der Waals surface area contributed by atoms with Gasteiger partial charge in [-0.2, -0.15) is 5.10 Å². The van der Waals surface area contributed by atoms with Gasteiger partial charge >= 0.3 is 0 Å². The van der Waals surface area contributed by atoms with Crippen LogP contribution in [0.3, 0.4) is 0 Å². The Kier molecular flexibility index (Phi) is 5.17. The second-order valence-corrected chi connectivity index (χ2v) is 5.55. The van der Waals surface area contributed by atoms with Crippen LogP contribution in [0, 0.1) is 5.92 Å². The fourth-order valence-corrected chi connectivity index (χ4v) is 2.81. The molecule has 1 saturated heterocycles. The van der Waals surface area contributed by atoms with Crippen LogP contribution in [-0.4, -0.2) is 46.8 Å². The van der Waals surface area contributed by atoms with Crippen molar-refractivity contribution >= 4 is 5.91 Å². The molecule has 1 aromatic heterocycles. The van der Waals surface area contributed by atoms with Gasteiger partial charge in [-0.15, -0.1) is 0 Å². The molecule has 0 aliphatic carbocycles. The first-order chi connectivity index (χ1) is 9.65. The van der Waals surface area contributed by atoms with Gasteiger partial charge in [0.25, 0.3) is 5.91 Å². The lowest BCUT2D eigenvalue weighted by atomic mass is 9.99. The van der Waals surface area contributed by atoms with E-state index in [1.165, 1.54) is 12.8 Å². The Hall–Kier alpha value is -1.36. The van der Waals surface area contributed by atoms with E-state index in [0.29, 0.717) is 11.6 Å². The topological polar surface area (TPSA) is 50.2 Å². The van der Waals surface area contributed by atoms with Gasteiger partial charge in [0.1, 0.15) is 5.69 Å². The molecule has 1 atom stereocenters. The van der Waals surface area contributed by atoms with Crippen LogP contribution in [0.1, 0.15) is 42.9 Å². The first-order valence-electron chi connectivity index (χ1n) is 7.68. The van der Waals surface area contributed by atoms with Gasteiger partial charge in [-0.25, -0.2) is 0 Å². The number of aryl methyl sites for hydroxylation is 2. The number of piperidine rings is 1. The van der Waals surface area contributed by atoms with E-state index < -0.39 is 0 Å². The summed E-state index contributed by atoms with van der Waals surface area (Å²) in [5.74, 6) is 0.680. The van der Waals surface area contributed by atoms with Crippen LogP contribution in [0.25, 0.3) is 0 Å². The minimum absolute atomic E-state index is 0.104. The van der Waals surface area contributed by atoms with Crippen molar-refractivity contribution in [3.05, 3.63) is 17.5 Å². The number of aromatic nitrogens is 2. The van der Waals surface area contributed by atoms with Gasteiger partial charge in [-0.05, 0) is 51.3 Å². The zero-order chi connectivity index (χ0) is 14.5. The molecule has 0 radical (unpaired) electrons. The second kappa shape index (κ2) is 6.88. The number of rotatable bonds is 5. The molecule has 2 rings (SSSR count). The number of hydrogen-bond acceptors (Lipinski definition) is 3. The number of nitrogens with zero attached hydrogens (tertiary/aromatic N) is 3. The summed E-state index contributed by atoms with van der Waals surface area (Å²) in [6.07, 6.45) is 3.28. The normalized spacial score (nSPS) is 19.1. The number of hydrogen-bond donors (Lipinski definition) is 1. The monoisotopic (exact) mass is 278 g/mol. The molecular formula is C15H26N4O. The van der Waals surface area contributed by atoms with Crippen molar-refractivity contribution in [1.82, 2.24) is 20.0 Å². The predicted octanol–water partition coefficient (Wildman–Crippen LogP) is 1.44. The van der Waals surface area contributed by atoms with E-state index in [-0.39, 0.29) is 5.91 Å². The van der Waals surface area contributed by atoms with Gasteiger partial charge in [0, 0.05) is 20.1 Å². The molecule has 2 heterocycles. The second-order valence-electron chi connectivity index (χ2n) is 5.55. The number of amides is 1. The molecule has 20 heavy (non-hydrogen) atoms. The van der Waals surface area contributed by atoms with Gasteiger partial charge in [0.15, 0.2) is 0 Å². The zero-order valence-electron chi connectivity index (χ0n) is 12.9. The van der Waals surface area contributed by atoms with Crippen LogP contribution in [0.4, 0.5) is 0 Å². The third-order valence-corrected chi connectivity index (χ3v) is 4.06. The highest BCUT2D eigenvalue weighted by molar-refractivity contribution is 5.92. The van der Waals surface area contributed by atoms with Crippen molar-refractivity contribution in [1.29, 1.82) is 0 Å². The zero-order valence-corrected chi connectivity index (χ0v) is 12.9. The van der Waals surface area contributed by atoms with Crippen molar-refractivity contribution in [3.63, 3.8) is 0 Å². The molecule has 1 fully saturated rings. The molecule has 0 aromatic carbocycles. The van der Waals surface area contributed by atoms with Crippen LogP contribution >= 0.6 is 0 Å². The van der Waals surface area contributed by atoms with E-state index in [0.717, 1.165) is 38.3 Å². The predicted molar refractivity (Wildman–Crippen MR) is 79.8 cm³/mol. The molecule has 1 aliphatic heterocycles. The van der Waals surface area contributed by atoms with E-state index in [1.807, 2.05) is 24.9 Å². The summed E-state index contributed by atoms with van der Waals surface area (Å²) in [5.41, 5.74) is 1.68. The standard InChI is InChI=1S/C15H26N4O/c1-4-13-9-14(18(3)17-13)15(20)19(5-2)11-12-7-6-8-16-10-12/h9,12,16H,4-8,10-11H2,1-3H3. The summed E-state index contributed by atoms with van der Waals surface area (Å²) in [6, 6.07) is 1.92. The van der Waals surface area contributed by atoms with Crippen molar-refractivity contribution in [3.8, 4) is 0 Å². The lowest BCUT2D eigenvalue weighted by Gasteiger charge is -2.29. The summed E-state index contributed by atoms with van der Waals surface area (Å²) >= 11 is 0. The highest BCUT2D eigenvalue weighted by Crippen LogP contribution is 2.14. The Morgan fingerprint density at radius 2 is 2.35 bits per heavy atom. The molecule has 1 N–H and O–H groups in total. The smallest absolute Gasteiger partial charge is 0.272 e. The van der Waals surface area contributed by atoms with Gasteiger partial charge in [0.2, 0.25) is 0 Å². The number of carbonyl (C=O) groups is 1. The van der Waals surface area contributed by atoms with Crippen molar-refractivity contribution in [2.24, 2.45) is 13.0 Å². The van der Waals surface area contributed by atoms with Crippen molar-refractivity contribution in [2.45, 2.75) is 33.1 Å². The van der Waals surface area contributed by atoms with E-state index in [4.69, 9.17) is 0 Å². The Morgan fingerprint density at radius 1 is 1.55 bits per heavy atom. The van der Waals surface area contributed by atoms with E-state index in [1.54, 1.807) is 4.68 Å². The average molecular weight is 278 g/mol. The minimum Gasteiger partial charge on any atom is -0.337 e. The molecule has 1 aromatic rings. The van der Waals surface area contributed by atoms with Crippen molar-refractivity contribution < 1.29 is 4.79 Å². The highest BCUT2D eigenvalue weighted by Gasteiger charge is 2.23. The molecule has 112 valence electrons. The highest BCUT2D eigenvalue weighted by atomic mass is 16.2. The molecule has 1 aliphatic rings. The van der Waals surface area contributed by atoms with E-state index in [2.05, 4.69) is 17.3 Å². The average Bonchev–Trinajstić information content (AvgIpc) is 2.86. The summed E-state index contributed by atoms with van der Waals surface area (Å²) in [4.78, 5) is 14.6. The fraction of sp³-hybridized carbons (Fsp3) is 0.733. The van der Waals surface area contributed by atoms with Crippen LogP contribution in [0.2, 0.25) is 0 Å². The maximum atomic E-state index is 12.6. The van der Waals surface area contributed by atoms with Gasteiger partial charge < -0.3 is 10.2 Å². The molecule has 0 saturated carbocycles. The summed E-state index contributed by atoms with van der Waals surface area (Å²) in [5, 5.41) is 7.78. The Balaban J connectivity index is 2.05. The molecule has 1 unspecified atom stereocenters. The maximum absolute atomic E-state index is 12.6. The van der Waals surface area contributed by atoms with E-state index in [9.17, 15) is 4.79 Å². The quantitative estimate of drug-likeness (QED) is 0.887. The van der Waals surface area contributed by atoms with Gasteiger partial charge in [-0.3, -0.25) is 9.48 Å². The number of nitrogens with one attached hydrogen (secondary N) is 1. The van der Waals surface area contributed by atoms with Crippen LogP contribution in [0.5, 0.6) is 0 Å². The van der Waals surface area contributed by atoms with Gasteiger partial charge in [-0.1, -0.05) is 6.92 Å². The minimum atomic E-state index is 0.104. The summed E-state index contributed by atoms with van der Waals surface area (Å²) in [6.45, 7) is 7.83. The lowest BCUT2D eigenvalue weighted by molar-refractivity contribution is 0.0718. The lowest BCUT2D eigenvalue weighted by Crippen LogP contribution is -2.41. The molecule has 0 bridgehead atoms. The van der Waals surface area contributed by atoms with E-state index >= 15 is 0 Å². The Bertz CT molecular complexity index is 449. The van der Waals surface area contributed by atoms with Crippen LogP contribution < -0.4 is 5.32 Å². The summed E-state index contributed by atoms with van der Waals surface area (Å²) < 4.78 is 1.71. The summed E-state index contributed by atoms with van der Waals surface area (Å²) in [7, 11) is 1.85. The van der Waals surface area contributed by atoms with Gasteiger partial charge in [0.05, 0.1) is 5.69 Å². The SMILES string of the molecule is CCc1cc(C(=O)N(CC)CC2CCCNC2)n(C)n1. The molecule has 1 amide bonds. The third kappa shape index (κ3) is 3.39.